The van der Waals surface area contributed by atoms with E-state index in [4.69, 9.17) is 4.74 Å². The Bertz CT molecular complexity index is 1210. The van der Waals surface area contributed by atoms with Gasteiger partial charge in [-0.2, -0.15) is 0 Å². The van der Waals surface area contributed by atoms with Crippen LogP contribution in [0.15, 0.2) is 48.5 Å². The lowest BCUT2D eigenvalue weighted by Crippen LogP contribution is -2.58. The van der Waals surface area contributed by atoms with E-state index < -0.39 is 11.1 Å². The van der Waals surface area contributed by atoms with Crippen LogP contribution in [-0.2, 0) is 5.41 Å². The lowest BCUT2D eigenvalue weighted by atomic mass is 9.76. The van der Waals surface area contributed by atoms with Crippen LogP contribution in [0, 0.1) is 7.14 Å². The van der Waals surface area contributed by atoms with Crippen molar-refractivity contribution in [1.29, 1.82) is 0 Å². The molecule has 2 aromatic carbocycles. The maximum absolute atomic E-state index is 10.2. The molecular weight excluding hydrogens is 606 g/mol. The maximum Gasteiger partial charge on any atom is 0.211 e. The number of aromatic hydroxyl groups is 2. The molecule has 1 spiro atoms. The van der Waals surface area contributed by atoms with Gasteiger partial charge in [-0.1, -0.05) is 0 Å². The Balaban J connectivity index is 1.66. The van der Waals surface area contributed by atoms with E-state index in [-0.39, 0.29) is 11.8 Å². The minimum atomic E-state index is -0.686. The molecule has 0 saturated carbocycles. The molecule has 3 heterocycles. The van der Waals surface area contributed by atoms with E-state index in [2.05, 4.69) is 88.2 Å². The van der Waals surface area contributed by atoms with Crippen LogP contribution in [0.4, 0.5) is 5.69 Å². The number of fused-ring (bicyclic) bond motifs is 2. The minimum absolute atomic E-state index is 0.00165. The predicted octanol–water partition coefficient (Wildman–Crippen LogP) is 5.63. The standard InChI is InChI=1S/C23H20I2N2O3/c1-22(2)16-12-15(27-19(28)6-7-20(27)29)4-5-18(16)26(3)23(22)9-8-13-10-14(24)11-17(25)21(13)30-23/h4-12,28-29H,1-3H3. The summed E-state index contributed by atoms with van der Waals surface area (Å²) < 4.78 is 10.5. The fourth-order valence-electron chi connectivity index (χ4n) is 4.65. The van der Waals surface area contributed by atoms with Crippen molar-refractivity contribution in [1.82, 2.24) is 4.57 Å². The monoisotopic (exact) mass is 626 g/mol. The van der Waals surface area contributed by atoms with Crippen molar-refractivity contribution in [2.45, 2.75) is 25.0 Å². The van der Waals surface area contributed by atoms with Gasteiger partial charge in [0, 0.05) is 34.0 Å². The summed E-state index contributed by atoms with van der Waals surface area (Å²) in [7, 11) is 2.05. The van der Waals surface area contributed by atoms with Gasteiger partial charge in [0.25, 0.3) is 0 Å². The van der Waals surface area contributed by atoms with Crippen LogP contribution < -0.4 is 9.64 Å². The largest absolute Gasteiger partial charge is 0.494 e. The Labute approximate surface area is 202 Å². The van der Waals surface area contributed by atoms with Crippen LogP contribution >= 0.6 is 45.2 Å². The van der Waals surface area contributed by atoms with Gasteiger partial charge in [-0.25, -0.2) is 0 Å². The highest BCUT2D eigenvalue weighted by Gasteiger charge is 2.58. The zero-order valence-corrected chi connectivity index (χ0v) is 21.0. The fraction of sp³-hybridized carbons (Fsp3) is 0.217. The number of likely N-dealkylation sites (N-methyl/N-ethyl adjacent to an activating group) is 1. The SMILES string of the molecule is CN1c2ccc(-n3c(O)ccc3O)cc2C(C)(C)C12C=Cc1cc(I)cc(I)c1O2. The van der Waals surface area contributed by atoms with Gasteiger partial charge in [0.15, 0.2) is 11.8 Å². The Morgan fingerprint density at radius 1 is 0.967 bits per heavy atom. The molecule has 1 aromatic heterocycles. The van der Waals surface area contributed by atoms with Crippen LogP contribution in [0.25, 0.3) is 11.8 Å². The molecule has 2 aliphatic heterocycles. The first-order valence-electron chi connectivity index (χ1n) is 9.51. The summed E-state index contributed by atoms with van der Waals surface area (Å²) in [6, 6.07) is 13.2. The number of rotatable bonds is 1. The van der Waals surface area contributed by atoms with Crippen LogP contribution in [0.1, 0.15) is 25.0 Å². The lowest BCUT2D eigenvalue weighted by Gasteiger charge is -2.46. The summed E-state index contributed by atoms with van der Waals surface area (Å²) in [4.78, 5) is 2.18. The van der Waals surface area contributed by atoms with Gasteiger partial charge in [0.1, 0.15) is 5.75 Å². The number of nitrogens with zero attached hydrogens (tertiary/aromatic N) is 2. The van der Waals surface area contributed by atoms with Crippen molar-refractivity contribution in [3.8, 4) is 23.2 Å². The summed E-state index contributed by atoms with van der Waals surface area (Å²) >= 11 is 4.66. The zero-order chi connectivity index (χ0) is 21.4. The van der Waals surface area contributed by atoms with Crippen molar-refractivity contribution < 1.29 is 14.9 Å². The first-order chi connectivity index (χ1) is 14.2. The van der Waals surface area contributed by atoms with Gasteiger partial charge < -0.3 is 19.8 Å². The van der Waals surface area contributed by atoms with Crippen LogP contribution in [0.5, 0.6) is 17.5 Å². The van der Waals surface area contributed by atoms with Crippen molar-refractivity contribution in [2.24, 2.45) is 0 Å². The molecule has 0 aliphatic carbocycles. The van der Waals surface area contributed by atoms with Crippen LogP contribution in [0.3, 0.4) is 0 Å². The average Bonchev–Trinajstić information content (AvgIpc) is 3.11. The number of hydrogen-bond donors (Lipinski definition) is 2. The predicted molar refractivity (Wildman–Crippen MR) is 135 cm³/mol. The highest BCUT2D eigenvalue weighted by molar-refractivity contribution is 14.1. The molecule has 1 atom stereocenters. The van der Waals surface area contributed by atoms with Crippen molar-refractivity contribution in [3.63, 3.8) is 0 Å². The van der Waals surface area contributed by atoms with Crippen molar-refractivity contribution in [2.75, 3.05) is 11.9 Å². The van der Waals surface area contributed by atoms with Gasteiger partial charge in [0.2, 0.25) is 5.72 Å². The second-order valence-corrected chi connectivity index (χ2v) is 10.6. The number of benzene rings is 2. The molecule has 5 rings (SSSR count). The Hall–Kier alpha value is -1.88. The van der Waals surface area contributed by atoms with Gasteiger partial charge in [-0.05, 0) is 107 Å². The summed E-state index contributed by atoms with van der Waals surface area (Å²) in [5, 5.41) is 20.3. The zero-order valence-electron chi connectivity index (χ0n) is 16.6. The molecule has 154 valence electrons. The normalized spacial score (nSPS) is 20.9. The number of aromatic nitrogens is 1. The molecule has 2 N–H and O–H groups in total. The van der Waals surface area contributed by atoms with Gasteiger partial charge in [-0.15, -0.1) is 0 Å². The molecule has 0 bridgehead atoms. The molecule has 7 heteroatoms. The van der Waals surface area contributed by atoms with E-state index in [1.165, 1.54) is 20.3 Å². The minimum Gasteiger partial charge on any atom is -0.494 e. The summed E-state index contributed by atoms with van der Waals surface area (Å²) in [5.74, 6) is 0.892. The second kappa shape index (κ2) is 6.56. The second-order valence-electron chi connectivity index (χ2n) is 8.21. The summed E-state index contributed by atoms with van der Waals surface area (Å²) in [6.45, 7) is 4.34. The molecule has 30 heavy (non-hydrogen) atoms. The van der Waals surface area contributed by atoms with E-state index in [0.29, 0.717) is 5.69 Å². The Morgan fingerprint density at radius 3 is 2.37 bits per heavy atom. The molecule has 0 radical (unpaired) electrons. The average molecular weight is 626 g/mol. The molecule has 0 saturated heterocycles. The molecule has 2 aliphatic rings. The van der Waals surface area contributed by atoms with E-state index in [0.717, 1.165) is 26.1 Å². The van der Waals surface area contributed by atoms with Crippen LogP contribution in [0.2, 0.25) is 0 Å². The van der Waals surface area contributed by atoms with E-state index >= 15 is 0 Å². The first-order valence-corrected chi connectivity index (χ1v) is 11.7. The van der Waals surface area contributed by atoms with E-state index in [1.807, 2.05) is 25.2 Å². The number of anilines is 1. The smallest absolute Gasteiger partial charge is 0.211 e. The van der Waals surface area contributed by atoms with Crippen LogP contribution in [-0.4, -0.2) is 27.6 Å². The highest BCUT2D eigenvalue weighted by atomic mass is 127. The molecule has 0 fully saturated rings. The number of halogens is 2. The maximum atomic E-state index is 10.2. The third-order valence-corrected chi connectivity index (χ3v) is 7.71. The molecule has 1 unspecified atom stereocenters. The molecule has 0 amide bonds. The lowest BCUT2D eigenvalue weighted by molar-refractivity contribution is 0.0572. The van der Waals surface area contributed by atoms with Gasteiger partial charge >= 0.3 is 0 Å². The van der Waals surface area contributed by atoms with Crippen molar-refractivity contribution >= 4 is 56.9 Å². The topological polar surface area (TPSA) is 57.9 Å². The highest BCUT2D eigenvalue weighted by Crippen LogP contribution is 2.55. The summed E-state index contributed by atoms with van der Waals surface area (Å²) in [6.07, 6.45) is 4.30. The Morgan fingerprint density at radius 2 is 1.67 bits per heavy atom. The fourth-order valence-corrected chi connectivity index (χ4v) is 6.65. The third-order valence-electron chi connectivity index (χ3n) is 6.29. The van der Waals surface area contributed by atoms with Gasteiger partial charge in [0.05, 0.1) is 14.7 Å². The first kappa shape index (κ1) is 20.0. The number of hydrogen-bond acceptors (Lipinski definition) is 4. The van der Waals surface area contributed by atoms with E-state index in [9.17, 15) is 10.2 Å². The van der Waals surface area contributed by atoms with Crippen molar-refractivity contribution in [3.05, 3.63) is 66.8 Å². The molecule has 5 nitrogen and oxygen atoms in total. The van der Waals surface area contributed by atoms with Gasteiger partial charge in [-0.3, -0.25) is 4.57 Å². The summed E-state index contributed by atoms with van der Waals surface area (Å²) in [5.41, 5.74) is 2.85. The third kappa shape index (κ3) is 2.57. The van der Waals surface area contributed by atoms with E-state index in [1.54, 1.807) is 0 Å². The molecular formula is C23H20I2N2O3. The number of ether oxygens (including phenoxy) is 1. The Kier molecular flexibility index (Phi) is 4.38. The quantitative estimate of drug-likeness (QED) is 0.345. The molecule has 3 aromatic rings.